The van der Waals surface area contributed by atoms with Crippen LogP contribution in [-0.4, -0.2) is 25.3 Å². The second kappa shape index (κ2) is 6.39. The molecule has 0 amide bonds. The smallest absolute Gasteiger partial charge is 0.328 e. The first-order chi connectivity index (χ1) is 9.51. The summed E-state index contributed by atoms with van der Waals surface area (Å²) in [4.78, 5) is 16.2. The first kappa shape index (κ1) is 15.0. The van der Waals surface area contributed by atoms with Crippen LogP contribution in [0.25, 0.3) is 0 Å². The Hall–Kier alpha value is -1.36. The van der Waals surface area contributed by atoms with E-state index in [4.69, 9.17) is 4.74 Å². The van der Waals surface area contributed by atoms with Crippen LogP contribution in [-0.2, 0) is 9.53 Å². The Kier molecular flexibility index (Phi) is 4.81. The van der Waals surface area contributed by atoms with Gasteiger partial charge in [-0.15, -0.1) is 0 Å². The summed E-state index contributed by atoms with van der Waals surface area (Å²) in [7, 11) is 1.40. The highest BCUT2D eigenvalue weighted by Crippen LogP contribution is 2.31. The van der Waals surface area contributed by atoms with Crippen LogP contribution in [0.5, 0.6) is 0 Å². The Bertz CT molecular complexity index is 518. The Balaban J connectivity index is 2.11. The van der Waals surface area contributed by atoms with E-state index in [0.29, 0.717) is 5.92 Å². The molecule has 0 radical (unpaired) electrons. The number of nitrogens with one attached hydrogen (secondary N) is 1. The van der Waals surface area contributed by atoms with Crippen molar-refractivity contribution in [2.75, 3.05) is 7.11 Å². The van der Waals surface area contributed by atoms with Crippen molar-refractivity contribution in [2.45, 2.75) is 26.3 Å². The summed E-state index contributed by atoms with van der Waals surface area (Å²) in [5.74, 6) is 0.911. The quantitative estimate of drug-likeness (QED) is 0.802. The summed E-state index contributed by atoms with van der Waals surface area (Å²) in [5, 5.41) is 3.18. The molecule has 0 spiro atoms. The minimum absolute atomic E-state index is 0.133. The summed E-state index contributed by atoms with van der Waals surface area (Å²) in [6, 6.07) is -0.378. The van der Waals surface area contributed by atoms with Crippen molar-refractivity contribution >= 4 is 28.1 Å². The number of rotatable bonds is 4. The maximum Gasteiger partial charge on any atom is 0.328 e. The van der Waals surface area contributed by atoms with Crippen molar-refractivity contribution in [3.63, 3.8) is 0 Å². The van der Waals surface area contributed by atoms with Gasteiger partial charge in [-0.2, -0.15) is 0 Å². The largest absolute Gasteiger partial charge is 0.467 e. The van der Waals surface area contributed by atoms with Gasteiger partial charge in [0, 0.05) is 12.1 Å². The lowest BCUT2D eigenvalue weighted by Gasteiger charge is -2.25. The zero-order valence-corrected chi connectivity index (χ0v) is 13.5. The fourth-order valence-electron chi connectivity index (χ4n) is 2.25. The average molecular weight is 339 g/mol. The van der Waals surface area contributed by atoms with Gasteiger partial charge in [-0.05, 0) is 28.5 Å². The number of aliphatic imine (C=N–C) groups is 1. The molecule has 4 nitrogen and oxygen atoms in total. The molecule has 2 rings (SSSR count). The minimum atomic E-state index is -0.378. The van der Waals surface area contributed by atoms with Crippen molar-refractivity contribution in [1.82, 2.24) is 5.32 Å². The third-order valence-electron chi connectivity index (χ3n) is 3.44. The fourth-order valence-corrected chi connectivity index (χ4v) is 2.73. The van der Waals surface area contributed by atoms with E-state index in [-0.39, 0.29) is 17.9 Å². The molecule has 0 fully saturated rings. The fraction of sp³-hybridized carbons (Fsp3) is 0.467. The van der Waals surface area contributed by atoms with Crippen molar-refractivity contribution in [2.24, 2.45) is 16.8 Å². The molecule has 0 aromatic heterocycles. The maximum atomic E-state index is 11.8. The second-order valence-electron chi connectivity index (χ2n) is 5.29. The third kappa shape index (κ3) is 3.39. The number of allylic oxidation sites excluding steroid dienone is 5. The van der Waals surface area contributed by atoms with E-state index in [1.807, 2.05) is 20.1 Å². The molecule has 108 valence electrons. The van der Waals surface area contributed by atoms with Gasteiger partial charge in [0.15, 0.2) is 0 Å². The minimum Gasteiger partial charge on any atom is -0.467 e. The third-order valence-corrected chi connectivity index (χ3v) is 4.02. The molecule has 20 heavy (non-hydrogen) atoms. The number of hydrogen-bond donors (Lipinski definition) is 1. The summed E-state index contributed by atoms with van der Waals surface area (Å²) < 4.78 is 6.00. The van der Waals surface area contributed by atoms with Gasteiger partial charge in [0.1, 0.15) is 11.9 Å². The number of fused-ring (bicyclic) bond motifs is 1. The molecule has 5 heteroatoms. The molecule has 0 bridgehead atoms. The zero-order valence-electron chi connectivity index (χ0n) is 11.9. The lowest BCUT2D eigenvalue weighted by molar-refractivity contribution is -0.144. The van der Waals surface area contributed by atoms with Gasteiger partial charge < -0.3 is 10.1 Å². The Labute approximate surface area is 127 Å². The van der Waals surface area contributed by atoms with Crippen molar-refractivity contribution in [3.8, 4) is 0 Å². The van der Waals surface area contributed by atoms with Crippen LogP contribution in [0.15, 0.2) is 39.1 Å². The maximum absolute atomic E-state index is 11.8. The molecular formula is C15H19BrN2O2. The predicted octanol–water partition coefficient (Wildman–Crippen LogP) is 2.92. The molecule has 0 saturated heterocycles. The number of esters is 1. The van der Waals surface area contributed by atoms with Crippen LogP contribution in [0.2, 0.25) is 0 Å². The van der Waals surface area contributed by atoms with E-state index >= 15 is 0 Å². The lowest BCUT2D eigenvalue weighted by atomic mass is 9.90. The standard InChI is InChI=1S/C15H19BrN2O2/c1-9(2)14(15(19)20-3)18-13-7-11-6-12(16)5-4-10(11)8-17-13/h4-5,7-9,11,14,18H,6H2,1-3H3. The summed E-state index contributed by atoms with van der Waals surface area (Å²) in [6.07, 6.45) is 8.97. The molecule has 2 atom stereocenters. The van der Waals surface area contributed by atoms with Crippen molar-refractivity contribution < 1.29 is 9.53 Å². The molecule has 2 aliphatic rings. The van der Waals surface area contributed by atoms with E-state index in [9.17, 15) is 4.79 Å². The van der Waals surface area contributed by atoms with E-state index in [1.165, 1.54) is 17.2 Å². The molecule has 1 N–H and O–H groups in total. The predicted molar refractivity (Wildman–Crippen MR) is 83.6 cm³/mol. The highest BCUT2D eigenvalue weighted by Gasteiger charge is 2.25. The van der Waals surface area contributed by atoms with Crippen LogP contribution in [0.4, 0.5) is 0 Å². The summed E-state index contributed by atoms with van der Waals surface area (Å²) >= 11 is 3.53. The van der Waals surface area contributed by atoms with E-state index in [2.05, 4.69) is 44.5 Å². The van der Waals surface area contributed by atoms with Crippen LogP contribution in [0.1, 0.15) is 20.3 Å². The van der Waals surface area contributed by atoms with Gasteiger partial charge in [-0.25, -0.2) is 9.79 Å². The molecule has 1 aliphatic heterocycles. The van der Waals surface area contributed by atoms with Crippen molar-refractivity contribution in [3.05, 3.63) is 34.1 Å². The van der Waals surface area contributed by atoms with Gasteiger partial charge in [-0.1, -0.05) is 41.9 Å². The van der Waals surface area contributed by atoms with Gasteiger partial charge in [0.05, 0.1) is 7.11 Å². The molecule has 0 saturated carbocycles. The van der Waals surface area contributed by atoms with Crippen LogP contribution < -0.4 is 5.32 Å². The van der Waals surface area contributed by atoms with E-state index < -0.39 is 0 Å². The highest BCUT2D eigenvalue weighted by molar-refractivity contribution is 9.11. The molecular weight excluding hydrogens is 320 g/mol. The number of nitrogens with zero attached hydrogens (tertiary/aromatic N) is 1. The first-order valence-electron chi connectivity index (χ1n) is 6.67. The summed E-state index contributed by atoms with van der Waals surface area (Å²) in [6.45, 7) is 3.96. The number of hydrogen-bond acceptors (Lipinski definition) is 4. The van der Waals surface area contributed by atoms with Crippen LogP contribution in [0, 0.1) is 11.8 Å². The van der Waals surface area contributed by atoms with E-state index in [0.717, 1.165) is 12.2 Å². The number of methoxy groups -OCH3 is 1. The van der Waals surface area contributed by atoms with Gasteiger partial charge >= 0.3 is 5.97 Å². The van der Waals surface area contributed by atoms with Gasteiger partial charge in [0.25, 0.3) is 0 Å². The molecule has 2 unspecified atom stereocenters. The highest BCUT2D eigenvalue weighted by atomic mass is 79.9. The number of carbonyl (C=O) groups is 1. The van der Waals surface area contributed by atoms with Crippen LogP contribution >= 0.6 is 15.9 Å². The lowest BCUT2D eigenvalue weighted by Crippen LogP contribution is -2.41. The van der Waals surface area contributed by atoms with Crippen LogP contribution in [0.3, 0.4) is 0 Å². The van der Waals surface area contributed by atoms with Gasteiger partial charge in [0.2, 0.25) is 0 Å². The Morgan fingerprint density at radius 2 is 2.25 bits per heavy atom. The monoisotopic (exact) mass is 338 g/mol. The van der Waals surface area contributed by atoms with Gasteiger partial charge in [-0.3, -0.25) is 0 Å². The van der Waals surface area contributed by atoms with Crippen molar-refractivity contribution in [1.29, 1.82) is 0 Å². The number of carbonyl (C=O) groups excluding carboxylic acids is 1. The molecule has 1 heterocycles. The Morgan fingerprint density at radius 3 is 2.90 bits per heavy atom. The summed E-state index contributed by atoms with van der Waals surface area (Å²) in [5.41, 5.74) is 1.19. The topological polar surface area (TPSA) is 50.7 Å². The average Bonchev–Trinajstić information content (AvgIpc) is 2.43. The SMILES string of the molecule is COC(=O)C(NC1=CC2CC(Br)=CC=C2C=N1)C(C)C. The Morgan fingerprint density at radius 1 is 1.50 bits per heavy atom. The molecule has 1 aliphatic carbocycles. The normalized spacial score (nSPS) is 22.4. The molecule has 0 aromatic carbocycles. The number of ether oxygens (including phenoxy) is 1. The number of halogens is 1. The first-order valence-corrected chi connectivity index (χ1v) is 7.47. The zero-order chi connectivity index (χ0) is 14.7. The molecule has 0 aromatic rings. The van der Waals surface area contributed by atoms with E-state index in [1.54, 1.807) is 0 Å². The second-order valence-corrected chi connectivity index (χ2v) is 6.31.